The van der Waals surface area contributed by atoms with Crippen molar-refractivity contribution in [1.82, 2.24) is 0 Å². The molecule has 1 aromatic carbocycles. The first kappa shape index (κ1) is 10.8. The van der Waals surface area contributed by atoms with Crippen molar-refractivity contribution in [1.29, 1.82) is 0 Å². The van der Waals surface area contributed by atoms with Gasteiger partial charge in [-0.05, 0) is 24.0 Å². The van der Waals surface area contributed by atoms with Crippen LogP contribution in [0.4, 0.5) is 5.69 Å². The minimum absolute atomic E-state index is 0.291. The summed E-state index contributed by atoms with van der Waals surface area (Å²) >= 11 is 0. The largest absolute Gasteiger partial charge is 0.359 e. The molecule has 0 radical (unpaired) electrons. The van der Waals surface area contributed by atoms with Gasteiger partial charge in [0, 0.05) is 11.4 Å². The number of anilines is 1. The van der Waals surface area contributed by atoms with Crippen LogP contribution in [0, 0.1) is 5.41 Å². The molecule has 14 heavy (non-hydrogen) atoms. The van der Waals surface area contributed by atoms with Crippen LogP contribution in [0.25, 0.3) is 0 Å². The molecule has 0 aliphatic heterocycles. The lowest BCUT2D eigenvalue weighted by Gasteiger charge is -2.20. The van der Waals surface area contributed by atoms with E-state index >= 15 is 0 Å². The first-order valence-corrected chi connectivity index (χ1v) is 4.97. The fourth-order valence-corrected chi connectivity index (χ4v) is 1.41. The van der Waals surface area contributed by atoms with Gasteiger partial charge in [0.15, 0.2) is 0 Å². The van der Waals surface area contributed by atoms with Gasteiger partial charge in [-0.2, -0.15) is 0 Å². The molecule has 1 nitrogen and oxygen atoms in total. The first-order valence-electron chi connectivity index (χ1n) is 4.97. The maximum Gasteiger partial charge on any atom is 0.0381 e. The second-order valence-corrected chi connectivity index (χ2v) is 4.83. The molecular weight excluding hydrogens is 170 g/mol. The van der Waals surface area contributed by atoms with Crippen molar-refractivity contribution in [3.63, 3.8) is 0 Å². The number of allylic oxidation sites excluding steroid dienone is 1. The van der Waals surface area contributed by atoms with Crippen molar-refractivity contribution >= 4 is 5.69 Å². The minimum atomic E-state index is 0.291. The van der Waals surface area contributed by atoms with E-state index in [1.165, 1.54) is 0 Å². The summed E-state index contributed by atoms with van der Waals surface area (Å²) in [4.78, 5) is 0. The highest BCUT2D eigenvalue weighted by Gasteiger charge is 2.11. The Hall–Kier alpha value is -1.24. The van der Waals surface area contributed by atoms with Gasteiger partial charge in [0.05, 0.1) is 0 Å². The van der Waals surface area contributed by atoms with Gasteiger partial charge in [-0.25, -0.2) is 0 Å². The molecule has 0 saturated carbocycles. The molecule has 0 saturated heterocycles. The standard InChI is InChI=1S/C13H19N/c1-11(10-13(2,3)4)14-12-8-6-5-7-9-12/h5-9,14H,1,10H2,2-4H3. The number of benzene rings is 1. The van der Waals surface area contributed by atoms with Gasteiger partial charge in [0.25, 0.3) is 0 Å². The molecular formula is C13H19N. The van der Waals surface area contributed by atoms with Crippen LogP contribution in [0.3, 0.4) is 0 Å². The molecule has 0 bridgehead atoms. The predicted molar refractivity (Wildman–Crippen MR) is 63.3 cm³/mol. The molecule has 1 N–H and O–H groups in total. The third-order valence-electron chi connectivity index (χ3n) is 1.84. The first-order chi connectivity index (χ1) is 6.47. The van der Waals surface area contributed by atoms with Gasteiger partial charge in [0.2, 0.25) is 0 Å². The van der Waals surface area contributed by atoms with E-state index in [0.29, 0.717) is 5.41 Å². The molecule has 0 unspecified atom stereocenters. The van der Waals surface area contributed by atoms with E-state index in [1.54, 1.807) is 0 Å². The Balaban J connectivity index is 2.50. The van der Waals surface area contributed by atoms with E-state index in [0.717, 1.165) is 17.8 Å². The van der Waals surface area contributed by atoms with Crippen LogP contribution in [0.2, 0.25) is 0 Å². The van der Waals surface area contributed by atoms with Gasteiger partial charge in [-0.1, -0.05) is 45.5 Å². The lowest BCUT2D eigenvalue weighted by molar-refractivity contribution is 0.411. The number of hydrogen-bond donors (Lipinski definition) is 1. The van der Waals surface area contributed by atoms with Crippen molar-refractivity contribution in [2.45, 2.75) is 27.2 Å². The third-order valence-corrected chi connectivity index (χ3v) is 1.84. The minimum Gasteiger partial charge on any atom is -0.359 e. The molecule has 0 aliphatic carbocycles. The summed E-state index contributed by atoms with van der Waals surface area (Å²) in [6, 6.07) is 10.2. The molecule has 76 valence electrons. The summed E-state index contributed by atoms with van der Waals surface area (Å²) in [5.41, 5.74) is 2.48. The average Bonchev–Trinajstić information content (AvgIpc) is 2.02. The van der Waals surface area contributed by atoms with Crippen LogP contribution in [0.15, 0.2) is 42.6 Å². The maximum absolute atomic E-state index is 4.02. The SMILES string of the molecule is C=C(CC(C)(C)C)Nc1ccccc1. The zero-order valence-electron chi connectivity index (χ0n) is 9.30. The van der Waals surface area contributed by atoms with Crippen LogP contribution in [0.5, 0.6) is 0 Å². The smallest absolute Gasteiger partial charge is 0.0381 e. The monoisotopic (exact) mass is 189 g/mol. The number of nitrogens with one attached hydrogen (secondary N) is 1. The summed E-state index contributed by atoms with van der Waals surface area (Å²) < 4.78 is 0. The van der Waals surface area contributed by atoms with Gasteiger partial charge in [-0.3, -0.25) is 0 Å². The molecule has 0 aliphatic rings. The Morgan fingerprint density at radius 1 is 1.21 bits per heavy atom. The predicted octanol–water partition coefficient (Wildman–Crippen LogP) is 4.05. The highest BCUT2D eigenvalue weighted by atomic mass is 14.9. The van der Waals surface area contributed by atoms with E-state index in [2.05, 4.69) is 32.7 Å². The van der Waals surface area contributed by atoms with Crippen LogP contribution in [0.1, 0.15) is 27.2 Å². The molecule has 0 atom stereocenters. The molecule has 0 heterocycles. The molecule has 0 amide bonds. The van der Waals surface area contributed by atoms with E-state index in [4.69, 9.17) is 0 Å². The lowest BCUT2D eigenvalue weighted by atomic mass is 9.91. The summed E-state index contributed by atoms with van der Waals surface area (Å²) in [5, 5.41) is 3.30. The number of rotatable bonds is 3. The molecule has 1 rings (SSSR count). The van der Waals surface area contributed by atoms with E-state index in [1.807, 2.05) is 30.3 Å². The molecule has 0 fully saturated rings. The Morgan fingerprint density at radius 2 is 1.79 bits per heavy atom. The summed E-state index contributed by atoms with van der Waals surface area (Å²) in [6.07, 6.45) is 0.988. The molecule has 1 aromatic rings. The van der Waals surface area contributed by atoms with Crippen molar-refractivity contribution in [2.24, 2.45) is 5.41 Å². The van der Waals surface area contributed by atoms with Gasteiger partial charge in [0.1, 0.15) is 0 Å². The van der Waals surface area contributed by atoms with Crippen molar-refractivity contribution < 1.29 is 0 Å². The summed E-state index contributed by atoms with van der Waals surface area (Å²) in [7, 11) is 0. The quantitative estimate of drug-likeness (QED) is 0.756. The average molecular weight is 189 g/mol. The zero-order chi connectivity index (χ0) is 10.6. The molecule has 1 heteroatoms. The van der Waals surface area contributed by atoms with E-state index in [-0.39, 0.29) is 0 Å². The van der Waals surface area contributed by atoms with Crippen molar-refractivity contribution in [2.75, 3.05) is 5.32 Å². The topological polar surface area (TPSA) is 12.0 Å². The lowest BCUT2D eigenvalue weighted by Crippen LogP contribution is -2.10. The van der Waals surface area contributed by atoms with Crippen LogP contribution in [-0.2, 0) is 0 Å². The second kappa shape index (κ2) is 4.32. The van der Waals surface area contributed by atoms with Crippen molar-refractivity contribution in [3.8, 4) is 0 Å². The summed E-state index contributed by atoms with van der Waals surface area (Å²) in [6.45, 7) is 10.7. The van der Waals surface area contributed by atoms with Gasteiger partial charge in [-0.15, -0.1) is 0 Å². The van der Waals surface area contributed by atoms with Crippen LogP contribution < -0.4 is 5.32 Å². The van der Waals surface area contributed by atoms with Gasteiger partial charge < -0.3 is 5.32 Å². The van der Waals surface area contributed by atoms with E-state index < -0.39 is 0 Å². The highest BCUT2D eigenvalue weighted by molar-refractivity contribution is 5.47. The fourth-order valence-electron chi connectivity index (χ4n) is 1.41. The summed E-state index contributed by atoms with van der Waals surface area (Å²) in [5.74, 6) is 0. The highest BCUT2D eigenvalue weighted by Crippen LogP contribution is 2.23. The van der Waals surface area contributed by atoms with Crippen LogP contribution in [-0.4, -0.2) is 0 Å². The third kappa shape index (κ3) is 4.13. The Labute approximate surface area is 86.8 Å². The Bertz CT molecular complexity index is 293. The van der Waals surface area contributed by atoms with Crippen LogP contribution >= 0.6 is 0 Å². The Morgan fingerprint density at radius 3 is 2.29 bits per heavy atom. The van der Waals surface area contributed by atoms with E-state index in [9.17, 15) is 0 Å². The normalized spacial score (nSPS) is 11.1. The number of para-hydroxylation sites is 1. The van der Waals surface area contributed by atoms with Gasteiger partial charge >= 0.3 is 0 Å². The zero-order valence-corrected chi connectivity index (χ0v) is 9.30. The Kier molecular flexibility index (Phi) is 3.34. The fraction of sp³-hybridized carbons (Fsp3) is 0.385. The second-order valence-electron chi connectivity index (χ2n) is 4.83. The van der Waals surface area contributed by atoms with Crippen molar-refractivity contribution in [3.05, 3.63) is 42.6 Å². The molecule has 0 aromatic heterocycles. The number of hydrogen-bond acceptors (Lipinski definition) is 1. The molecule has 0 spiro atoms. The maximum atomic E-state index is 4.02.